The number of aromatic hydroxyl groups is 2. The van der Waals surface area contributed by atoms with Gasteiger partial charge in [0.15, 0.2) is 0 Å². The fraction of sp³-hybridized carbons (Fsp3) is 0.312. The molecule has 0 saturated heterocycles. The van der Waals surface area contributed by atoms with Gasteiger partial charge < -0.3 is 15.3 Å². The SMILES string of the molecule is C/C(C=O)=C\CC[C@@](C)(O)/C=C\c1cc(O)ccc1O. The zero-order valence-corrected chi connectivity index (χ0v) is 11.7. The molecule has 4 nitrogen and oxygen atoms in total. The molecule has 0 aliphatic carbocycles. The molecule has 20 heavy (non-hydrogen) atoms. The topological polar surface area (TPSA) is 77.8 Å². The van der Waals surface area contributed by atoms with E-state index in [-0.39, 0.29) is 11.5 Å². The Labute approximate surface area is 118 Å². The van der Waals surface area contributed by atoms with Gasteiger partial charge in [-0.3, -0.25) is 4.79 Å². The van der Waals surface area contributed by atoms with Crippen LogP contribution in [0, 0.1) is 0 Å². The first-order valence-corrected chi connectivity index (χ1v) is 6.39. The largest absolute Gasteiger partial charge is 0.508 e. The molecule has 0 radical (unpaired) electrons. The molecule has 1 aromatic rings. The van der Waals surface area contributed by atoms with E-state index in [1.807, 2.05) is 0 Å². The summed E-state index contributed by atoms with van der Waals surface area (Å²) in [6.07, 6.45) is 6.69. The third kappa shape index (κ3) is 5.28. The number of rotatable bonds is 6. The predicted molar refractivity (Wildman–Crippen MR) is 78.5 cm³/mol. The van der Waals surface area contributed by atoms with Gasteiger partial charge in [0, 0.05) is 5.56 Å². The maximum Gasteiger partial charge on any atom is 0.145 e. The highest BCUT2D eigenvalue weighted by molar-refractivity contribution is 5.71. The van der Waals surface area contributed by atoms with Crippen LogP contribution in [0.25, 0.3) is 6.08 Å². The summed E-state index contributed by atoms with van der Waals surface area (Å²) in [5, 5.41) is 29.1. The van der Waals surface area contributed by atoms with Gasteiger partial charge in [0.25, 0.3) is 0 Å². The molecule has 0 heterocycles. The highest BCUT2D eigenvalue weighted by atomic mass is 16.3. The lowest BCUT2D eigenvalue weighted by Crippen LogP contribution is -2.19. The van der Waals surface area contributed by atoms with Gasteiger partial charge in [-0.05, 0) is 50.5 Å². The molecule has 3 N–H and O–H groups in total. The van der Waals surface area contributed by atoms with Crippen molar-refractivity contribution in [3.63, 3.8) is 0 Å². The van der Waals surface area contributed by atoms with Crippen LogP contribution in [0.15, 0.2) is 35.9 Å². The first-order valence-electron chi connectivity index (χ1n) is 6.39. The maximum atomic E-state index is 10.4. The molecule has 0 unspecified atom stereocenters. The van der Waals surface area contributed by atoms with E-state index in [0.29, 0.717) is 24.0 Å². The van der Waals surface area contributed by atoms with Crippen LogP contribution in [0.3, 0.4) is 0 Å². The van der Waals surface area contributed by atoms with Gasteiger partial charge in [-0.25, -0.2) is 0 Å². The first-order chi connectivity index (χ1) is 9.34. The van der Waals surface area contributed by atoms with Crippen molar-refractivity contribution in [1.29, 1.82) is 0 Å². The number of phenols is 2. The van der Waals surface area contributed by atoms with Crippen LogP contribution in [0.4, 0.5) is 0 Å². The highest BCUT2D eigenvalue weighted by Gasteiger charge is 2.15. The van der Waals surface area contributed by atoms with E-state index in [1.165, 1.54) is 18.2 Å². The molecule has 0 saturated carbocycles. The summed E-state index contributed by atoms with van der Waals surface area (Å²) in [6, 6.07) is 4.19. The Morgan fingerprint density at radius 3 is 2.70 bits per heavy atom. The summed E-state index contributed by atoms with van der Waals surface area (Å²) in [7, 11) is 0. The summed E-state index contributed by atoms with van der Waals surface area (Å²) >= 11 is 0. The Balaban J connectivity index is 2.72. The molecule has 4 heteroatoms. The predicted octanol–water partition coefficient (Wildman–Crippen LogP) is 2.79. The lowest BCUT2D eigenvalue weighted by Gasteiger charge is -2.18. The minimum Gasteiger partial charge on any atom is -0.508 e. The maximum absolute atomic E-state index is 10.4. The number of allylic oxidation sites excluding steroid dienone is 2. The Kier molecular flexibility index (Phi) is 5.53. The number of carbonyl (C=O) groups is 1. The average Bonchev–Trinajstić information content (AvgIpc) is 2.39. The normalized spacial score (nSPS) is 15.2. The molecule has 0 spiro atoms. The molecule has 0 aliphatic rings. The number of hydrogen-bond donors (Lipinski definition) is 3. The second-order valence-electron chi connectivity index (χ2n) is 5.04. The number of aldehydes is 1. The van der Waals surface area contributed by atoms with E-state index in [1.54, 1.807) is 32.1 Å². The fourth-order valence-corrected chi connectivity index (χ4v) is 1.67. The minimum absolute atomic E-state index is 0.0338. The molecular formula is C16H20O4. The molecule has 0 bridgehead atoms. The second kappa shape index (κ2) is 6.91. The smallest absolute Gasteiger partial charge is 0.145 e. The van der Waals surface area contributed by atoms with Crippen LogP contribution in [0.5, 0.6) is 11.5 Å². The van der Waals surface area contributed by atoms with E-state index in [4.69, 9.17) is 0 Å². The van der Waals surface area contributed by atoms with E-state index in [0.717, 1.165) is 6.29 Å². The number of carbonyl (C=O) groups excluding carboxylic acids is 1. The quantitative estimate of drug-likeness (QED) is 0.424. The van der Waals surface area contributed by atoms with Crippen molar-refractivity contribution >= 4 is 12.4 Å². The molecule has 1 aromatic carbocycles. The van der Waals surface area contributed by atoms with Gasteiger partial charge in [0.1, 0.15) is 17.8 Å². The zero-order valence-electron chi connectivity index (χ0n) is 11.7. The van der Waals surface area contributed by atoms with Crippen LogP contribution < -0.4 is 0 Å². The summed E-state index contributed by atoms with van der Waals surface area (Å²) in [5.41, 5.74) is 0.0117. The van der Waals surface area contributed by atoms with E-state index in [2.05, 4.69) is 0 Å². The van der Waals surface area contributed by atoms with Gasteiger partial charge >= 0.3 is 0 Å². The van der Waals surface area contributed by atoms with E-state index in [9.17, 15) is 20.1 Å². The second-order valence-corrected chi connectivity index (χ2v) is 5.04. The Morgan fingerprint density at radius 1 is 1.35 bits per heavy atom. The zero-order chi connectivity index (χ0) is 15.2. The molecule has 1 atom stereocenters. The highest BCUT2D eigenvalue weighted by Crippen LogP contribution is 2.25. The third-order valence-electron chi connectivity index (χ3n) is 2.94. The molecule has 0 aliphatic heterocycles. The summed E-state index contributed by atoms with van der Waals surface area (Å²) in [4.78, 5) is 10.4. The van der Waals surface area contributed by atoms with Crippen molar-refractivity contribution in [3.8, 4) is 11.5 Å². The Hall–Kier alpha value is -2.07. The van der Waals surface area contributed by atoms with Gasteiger partial charge in [0.2, 0.25) is 0 Å². The van der Waals surface area contributed by atoms with Crippen LogP contribution in [-0.4, -0.2) is 27.2 Å². The number of aliphatic hydroxyl groups is 1. The summed E-state index contributed by atoms with van der Waals surface area (Å²) in [5.74, 6) is 0.0816. The van der Waals surface area contributed by atoms with Crippen molar-refractivity contribution in [2.24, 2.45) is 0 Å². The van der Waals surface area contributed by atoms with Crippen molar-refractivity contribution in [2.45, 2.75) is 32.3 Å². The minimum atomic E-state index is -1.06. The lowest BCUT2D eigenvalue weighted by molar-refractivity contribution is -0.104. The molecule has 0 amide bonds. The van der Waals surface area contributed by atoms with Crippen LogP contribution in [0.1, 0.15) is 32.3 Å². The molecule has 0 fully saturated rings. The van der Waals surface area contributed by atoms with Crippen LogP contribution in [-0.2, 0) is 4.79 Å². The standard InChI is InChI=1S/C16H20O4/c1-12(11-17)4-3-8-16(2,20)9-7-13-10-14(18)5-6-15(13)19/h4-7,9-11,18-20H,3,8H2,1-2H3/b9-7-,12-4+/t16-/m1/s1. The first kappa shape index (κ1) is 16.0. The Morgan fingerprint density at radius 2 is 2.05 bits per heavy atom. The molecule has 0 aromatic heterocycles. The third-order valence-corrected chi connectivity index (χ3v) is 2.94. The summed E-state index contributed by atoms with van der Waals surface area (Å²) < 4.78 is 0. The van der Waals surface area contributed by atoms with Gasteiger partial charge in [-0.15, -0.1) is 0 Å². The van der Waals surface area contributed by atoms with E-state index >= 15 is 0 Å². The lowest BCUT2D eigenvalue weighted by atomic mass is 9.97. The number of phenolic OH excluding ortho intramolecular Hbond substituents is 2. The van der Waals surface area contributed by atoms with Gasteiger partial charge in [0.05, 0.1) is 5.60 Å². The fourth-order valence-electron chi connectivity index (χ4n) is 1.67. The molecule has 1 rings (SSSR count). The van der Waals surface area contributed by atoms with Gasteiger partial charge in [-0.1, -0.05) is 18.2 Å². The van der Waals surface area contributed by atoms with Crippen molar-refractivity contribution in [3.05, 3.63) is 41.5 Å². The van der Waals surface area contributed by atoms with Crippen molar-refractivity contribution in [2.75, 3.05) is 0 Å². The number of benzene rings is 1. The molecule has 108 valence electrons. The van der Waals surface area contributed by atoms with Crippen molar-refractivity contribution < 1.29 is 20.1 Å². The average molecular weight is 276 g/mol. The number of hydrogen-bond acceptors (Lipinski definition) is 4. The van der Waals surface area contributed by atoms with Crippen LogP contribution >= 0.6 is 0 Å². The van der Waals surface area contributed by atoms with Gasteiger partial charge in [-0.2, -0.15) is 0 Å². The van der Waals surface area contributed by atoms with Crippen molar-refractivity contribution in [1.82, 2.24) is 0 Å². The monoisotopic (exact) mass is 276 g/mol. The van der Waals surface area contributed by atoms with E-state index < -0.39 is 5.60 Å². The Bertz CT molecular complexity index is 527. The summed E-state index contributed by atoms with van der Waals surface area (Å²) in [6.45, 7) is 3.36. The molecular weight excluding hydrogens is 256 g/mol. The van der Waals surface area contributed by atoms with Crippen LogP contribution in [0.2, 0.25) is 0 Å².